The zero-order valence-corrected chi connectivity index (χ0v) is 14.2. The van der Waals surface area contributed by atoms with Gasteiger partial charge in [-0.3, -0.25) is 4.79 Å². The molecule has 0 heterocycles. The van der Waals surface area contributed by atoms with Crippen LogP contribution in [0.1, 0.15) is 31.4 Å². The van der Waals surface area contributed by atoms with E-state index in [1.807, 2.05) is 26.0 Å². The molecule has 0 aromatic heterocycles. The molecule has 0 N–H and O–H groups in total. The average Bonchev–Trinajstić information content (AvgIpc) is 2.37. The lowest BCUT2D eigenvalue weighted by Gasteiger charge is -2.23. The van der Waals surface area contributed by atoms with Crippen LogP contribution in [0.4, 0.5) is 5.69 Å². The maximum Gasteiger partial charge on any atom is 0.237 e. The van der Waals surface area contributed by atoms with E-state index in [9.17, 15) is 4.79 Å². The summed E-state index contributed by atoms with van der Waals surface area (Å²) in [6.45, 7) is 8.80. The van der Waals surface area contributed by atoms with Crippen LogP contribution in [0.2, 0.25) is 0 Å². The van der Waals surface area contributed by atoms with Crippen molar-refractivity contribution in [2.24, 2.45) is 5.92 Å². The summed E-state index contributed by atoms with van der Waals surface area (Å²) < 4.78 is 0. The van der Waals surface area contributed by atoms with Gasteiger partial charge in [0.15, 0.2) is 0 Å². The summed E-state index contributed by atoms with van der Waals surface area (Å²) in [6, 6.07) is 8.23. The summed E-state index contributed by atoms with van der Waals surface area (Å²) >= 11 is 1.66. The summed E-state index contributed by atoms with van der Waals surface area (Å²) in [7, 11) is 0. The zero-order valence-electron chi connectivity index (χ0n) is 13.3. The maximum atomic E-state index is 12.4. The third-order valence-electron chi connectivity index (χ3n) is 2.94. The molecule has 0 aliphatic carbocycles. The largest absolute Gasteiger partial charge is 0.311 e. The molecule has 1 aromatic carbocycles. The van der Waals surface area contributed by atoms with Gasteiger partial charge < -0.3 is 4.90 Å². The molecule has 21 heavy (non-hydrogen) atoms. The fraction of sp³-hybridized carbons (Fsp3) is 0.529. The van der Waals surface area contributed by atoms with Crippen LogP contribution >= 0.6 is 11.8 Å². The molecule has 1 aromatic rings. The van der Waals surface area contributed by atoms with Crippen LogP contribution in [-0.2, 0) is 4.79 Å². The molecular formula is C17H24N2OS. The summed E-state index contributed by atoms with van der Waals surface area (Å²) in [4.78, 5) is 14.2. The van der Waals surface area contributed by atoms with Crippen LogP contribution in [0.25, 0.3) is 0 Å². The highest BCUT2D eigenvalue weighted by molar-refractivity contribution is 7.99. The second-order valence-electron chi connectivity index (χ2n) is 5.71. The Morgan fingerprint density at radius 3 is 2.43 bits per heavy atom. The number of hydrogen-bond donors (Lipinski definition) is 0. The normalized spacial score (nSPS) is 10.5. The van der Waals surface area contributed by atoms with E-state index in [0.717, 1.165) is 22.6 Å². The van der Waals surface area contributed by atoms with E-state index in [1.165, 1.54) is 0 Å². The smallest absolute Gasteiger partial charge is 0.237 e. The molecule has 0 saturated carbocycles. The number of aryl methyl sites for hydroxylation is 2. The molecule has 0 spiro atoms. The van der Waals surface area contributed by atoms with Crippen molar-refractivity contribution in [1.29, 1.82) is 5.26 Å². The summed E-state index contributed by atoms with van der Waals surface area (Å²) in [5, 5.41) is 8.81. The summed E-state index contributed by atoms with van der Waals surface area (Å²) in [5.41, 5.74) is 3.17. The second-order valence-corrected chi connectivity index (χ2v) is 6.74. The van der Waals surface area contributed by atoms with Gasteiger partial charge >= 0.3 is 0 Å². The van der Waals surface area contributed by atoms with Crippen molar-refractivity contribution in [2.45, 2.75) is 34.1 Å². The van der Waals surface area contributed by atoms with Gasteiger partial charge in [-0.2, -0.15) is 17.0 Å². The lowest BCUT2D eigenvalue weighted by Crippen LogP contribution is -2.33. The quantitative estimate of drug-likeness (QED) is 0.766. The van der Waals surface area contributed by atoms with Gasteiger partial charge in [0.1, 0.15) is 0 Å². The number of benzene rings is 1. The number of carbonyl (C=O) groups is 1. The van der Waals surface area contributed by atoms with Crippen molar-refractivity contribution in [2.75, 3.05) is 23.0 Å². The summed E-state index contributed by atoms with van der Waals surface area (Å²) in [5.74, 6) is 2.11. The lowest BCUT2D eigenvalue weighted by molar-refractivity contribution is -0.116. The fourth-order valence-electron chi connectivity index (χ4n) is 2.13. The first kappa shape index (κ1) is 17.6. The topological polar surface area (TPSA) is 44.1 Å². The van der Waals surface area contributed by atoms with Crippen LogP contribution in [0.5, 0.6) is 0 Å². The predicted molar refractivity (Wildman–Crippen MR) is 90.7 cm³/mol. The van der Waals surface area contributed by atoms with E-state index < -0.39 is 0 Å². The number of amides is 1. The van der Waals surface area contributed by atoms with E-state index in [2.05, 4.69) is 26.0 Å². The molecule has 114 valence electrons. The average molecular weight is 304 g/mol. The van der Waals surface area contributed by atoms with Crippen LogP contribution in [-0.4, -0.2) is 24.0 Å². The standard InChI is InChI=1S/C17H24N2OS/c1-13(2)11-21-12-17(20)19(7-5-6-18)16-9-14(3)8-15(4)10-16/h8-10,13H,5,7,11-12H2,1-4H3. The molecule has 3 nitrogen and oxygen atoms in total. The van der Waals surface area contributed by atoms with Gasteiger partial charge in [0.2, 0.25) is 5.91 Å². The molecule has 0 aliphatic heterocycles. The van der Waals surface area contributed by atoms with Crippen molar-refractivity contribution in [1.82, 2.24) is 0 Å². The third-order valence-corrected chi connectivity index (χ3v) is 4.30. The Labute approximate surface area is 132 Å². The molecule has 0 aliphatic rings. The van der Waals surface area contributed by atoms with E-state index in [4.69, 9.17) is 5.26 Å². The Bertz CT molecular complexity index is 500. The molecule has 1 amide bonds. The van der Waals surface area contributed by atoms with Crippen molar-refractivity contribution < 1.29 is 4.79 Å². The highest BCUT2D eigenvalue weighted by Crippen LogP contribution is 2.20. The Kier molecular flexibility index (Phi) is 7.31. The molecular weight excluding hydrogens is 280 g/mol. The summed E-state index contributed by atoms with van der Waals surface area (Å²) in [6.07, 6.45) is 0.355. The van der Waals surface area contributed by atoms with Crippen molar-refractivity contribution in [3.63, 3.8) is 0 Å². The zero-order chi connectivity index (χ0) is 15.8. The molecule has 0 fully saturated rings. The third kappa shape index (κ3) is 6.22. The minimum absolute atomic E-state index is 0.0842. The first-order valence-corrected chi connectivity index (χ1v) is 8.43. The Morgan fingerprint density at radius 1 is 1.29 bits per heavy atom. The Hall–Kier alpha value is -1.47. The van der Waals surface area contributed by atoms with E-state index in [1.54, 1.807) is 16.7 Å². The SMILES string of the molecule is Cc1cc(C)cc(N(CCC#N)C(=O)CSCC(C)C)c1. The van der Waals surface area contributed by atoms with Crippen molar-refractivity contribution in [3.8, 4) is 6.07 Å². The van der Waals surface area contributed by atoms with Gasteiger partial charge in [0, 0.05) is 12.2 Å². The molecule has 0 bridgehead atoms. The lowest BCUT2D eigenvalue weighted by atomic mass is 10.1. The molecule has 0 unspecified atom stereocenters. The number of rotatable bonds is 7. The van der Waals surface area contributed by atoms with Crippen LogP contribution in [0, 0.1) is 31.1 Å². The number of nitriles is 1. The van der Waals surface area contributed by atoms with E-state index >= 15 is 0 Å². The van der Waals surface area contributed by atoms with Crippen molar-refractivity contribution >= 4 is 23.4 Å². The van der Waals surface area contributed by atoms with Gasteiger partial charge in [-0.25, -0.2) is 0 Å². The molecule has 0 atom stereocenters. The van der Waals surface area contributed by atoms with Gasteiger partial charge in [-0.15, -0.1) is 0 Å². The Balaban J connectivity index is 2.84. The monoisotopic (exact) mass is 304 g/mol. The molecule has 1 rings (SSSR count). The number of anilines is 1. The highest BCUT2D eigenvalue weighted by Gasteiger charge is 2.16. The number of nitrogens with zero attached hydrogens (tertiary/aromatic N) is 2. The molecule has 0 radical (unpaired) electrons. The minimum Gasteiger partial charge on any atom is -0.311 e. The van der Waals surface area contributed by atoms with Crippen molar-refractivity contribution in [3.05, 3.63) is 29.3 Å². The predicted octanol–water partition coefficient (Wildman–Crippen LogP) is 3.94. The fourth-order valence-corrected chi connectivity index (χ4v) is 3.05. The minimum atomic E-state index is 0.0842. The first-order valence-electron chi connectivity index (χ1n) is 7.27. The molecule has 4 heteroatoms. The van der Waals surface area contributed by atoms with Crippen LogP contribution in [0.15, 0.2) is 18.2 Å². The Morgan fingerprint density at radius 2 is 1.90 bits per heavy atom. The second kappa shape index (κ2) is 8.74. The molecule has 0 saturated heterocycles. The van der Waals surface area contributed by atoms with Gasteiger partial charge in [0.05, 0.1) is 18.2 Å². The number of carbonyl (C=O) groups excluding carboxylic acids is 1. The van der Waals surface area contributed by atoms with E-state index in [0.29, 0.717) is 24.6 Å². The maximum absolute atomic E-state index is 12.4. The first-order chi connectivity index (χ1) is 9.93. The van der Waals surface area contributed by atoms with Crippen LogP contribution in [0.3, 0.4) is 0 Å². The number of thioether (sulfide) groups is 1. The van der Waals surface area contributed by atoms with Gasteiger partial charge in [-0.05, 0) is 48.8 Å². The van der Waals surface area contributed by atoms with Crippen LogP contribution < -0.4 is 4.90 Å². The van der Waals surface area contributed by atoms with Gasteiger partial charge in [-0.1, -0.05) is 19.9 Å². The van der Waals surface area contributed by atoms with Gasteiger partial charge in [0.25, 0.3) is 0 Å². The highest BCUT2D eigenvalue weighted by atomic mass is 32.2. The van der Waals surface area contributed by atoms with E-state index in [-0.39, 0.29) is 5.91 Å². The number of hydrogen-bond acceptors (Lipinski definition) is 3.